The Morgan fingerprint density at radius 1 is 0.873 bits per heavy atom. The minimum Gasteiger partial charge on any atom is -0.481 e. The van der Waals surface area contributed by atoms with E-state index in [4.69, 9.17) is 23.8 Å². The highest BCUT2D eigenvalue weighted by molar-refractivity contribution is 7.70. The van der Waals surface area contributed by atoms with E-state index in [0.29, 0.717) is 5.70 Å². The van der Waals surface area contributed by atoms with Crippen molar-refractivity contribution in [2.45, 2.75) is 63.2 Å². The van der Waals surface area contributed by atoms with Crippen molar-refractivity contribution < 1.29 is 84.2 Å². The molecule has 4 aliphatic rings. The zero-order valence-corrected chi connectivity index (χ0v) is 32.2. The number of carboxylic acids is 1. The number of hydrogen-bond donors (Lipinski definition) is 6. The minimum absolute atomic E-state index is 0.273. The van der Waals surface area contributed by atoms with E-state index < -0.39 is 106 Å². The van der Waals surface area contributed by atoms with Gasteiger partial charge in [0.2, 0.25) is 0 Å². The molecule has 6 rings (SSSR count). The van der Waals surface area contributed by atoms with Gasteiger partial charge in [0.05, 0.1) is 18.5 Å². The van der Waals surface area contributed by atoms with E-state index in [1.54, 1.807) is 12.3 Å². The van der Waals surface area contributed by atoms with Crippen LogP contribution in [0.2, 0.25) is 0 Å². The summed E-state index contributed by atoms with van der Waals surface area (Å²) >= 11 is 0. The predicted octanol–water partition coefficient (Wildman–Crippen LogP) is 3.97. The number of phosphoric ester groups is 1. The van der Waals surface area contributed by atoms with E-state index in [1.165, 1.54) is 16.0 Å². The molecule has 0 spiro atoms. The number of aryl methyl sites for hydroxylation is 1. The van der Waals surface area contributed by atoms with Crippen molar-refractivity contribution in [2.24, 2.45) is 0 Å². The number of nitrogens with zero attached hydrogens (tertiary/aromatic N) is 2. The first-order chi connectivity index (χ1) is 25.8. The van der Waals surface area contributed by atoms with Gasteiger partial charge >= 0.3 is 43.1 Å². The van der Waals surface area contributed by atoms with E-state index in [9.17, 15) is 47.4 Å². The van der Waals surface area contributed by atoms with Gasteiger partial charge < -0.3 is 44.2 Å². The molecule has 0 saturated carbocycles. The van der Waals surface area contributed by atoms with Crippen LogP contribution in [0.3, 0.4) is 0 Å². The fourth-order valence-corrected chi connectivity index (χ4v) is 11.7. The van der Waals surface area contributed by atoms with Crippen LogP contribution in [0.15, 0.2) is 73.1 Å². The number of phosphoric acid groups is 3. The average molecular weight is 852 g/mol. The average Bonchev–Trinajstić information content (AvgIpc) is 3.77. The monoisotopic (exact) mass is 851 g/mol. The molecule has 6 N–H and O–H groups in total. The van der Waals surface area contributed by atoms with Gasteiger partial charge in [-0.05, 0) is 36.6 Å². The van der Waals surface area contributed by atoms with Crippen molar-refractivity contribution in [1.29, 1.82) is 0 Å². The maximum Gasteiger partial charge on any atom is 0.490 e. The van der Waals surface area contributed by atoms with Crippen molar-refractivity contribution in [1.82, 2.24) is 15.1 Å². The number of carboxylic acid groups (broad SMARTS) is 1. The number of fused-ring (bicyclic) bond motifs is 2. The molecule has 4 aliphatic heterocycles. The summed E-state index contributed by atoms with van der Waals surface area (Å²) in [6, 6.07) is 16.3. The second kappa shape index (κ2) is 16.4. The van der Waals surface area contributed by atoms with Crippen LogP contribution in [-0.4, -0.2) is 96.2 Å². The molecule has 21 nitrogen and oxygen atoms in total. The largest absolute Gasteiger partial charge is 0.490 e. The van der Waals surface area contributed by atoms with Crippen LogP contribution in [-0.2, 0) is 61.1 Å². The fraction of sp³-hybridized carbons (Fsp3) is 0.400. The van der Waals surface area contributed by atoms with E-state index in [-0.39, 0.29) is 6.42 Å². The SMILES string of the molecule is Cc1cccc(C2=CN3C(=O)N([C@@H]4O[C@H](COP(=O)(O)OP(=O)(O)OP(=O)(O)OP(=O)(O)CCCC(=O)O)[C@@H]5OC(Cc6ccccc6)O[C@@H]54)C=CC3N2)c1. The highest BCUT2D eigenvalue weighted by atomic mass is 31.3. The Bertz CT molecular complexity index is 2040. The molecule has 10 atom stereocenters. The summed E-state index contributed by atoms with van der Waals surface area (Å²) in [5.74, 6) is -1.34. The van der Waals surface area contributed by atoms with Gasteiger partial charge in [-0.1, -0.05) is 54.1 Å². The lowest BCUT2D eigenvalue weighted by Gasteiger charge is -2.36. The van der Waals surface area contributed by atoms with Gasteiger partial charge in [-0.3, -0.25) is 23.7 Å². The second-order valence-corrected chi connectivity index (χ2v) is 19.4. The maximum absolute atomic E-state index is 13.9. The molecule has 6 unspecified atom stereocenters. The van der Waals surface area contributed by atoms with E-state index >= 15 is 0 Å². The Morgan fingerprint density at radius 3 is 2.27 bits per heavy atom. The molecule has 4 heterocycles. The van der Waals surface area contributed by atoms with E-state index in [1.807, 2.05) is 61.5 Å². The third kappa shape index (κ3) is 10.7. The molecule has 2 fully saturated rings. The molecule has 55 heavy (non-hydrogen) atoms. The number of amides is 2. The maximum atomic E-state index is 13.9. The highest BCUT2D eigenvalue weighted by Crippen LogP contribution is 2.71. The summed E-state index contributed by atoms with van der Waals surface area (Å²) in [7, 11) is -22.7. The topological polar surface area (TPSA) is 287 Å². The summed E-state index contributed by atoms with van der Waals surface area (Å²) in [4.78, 5) is 67.0. The molecule has 2 amide bonds. The number of nitrogens with one attached hydrogen (secondary N) is 1. The zero-order chi connectivity index (χ0) is 39.8. The first-order valence-corrected chi connectivity index (χ1v) is 22.7. The number of benzene rings is 2. The Labute approximate surface area is 313 Å². The van der Waals surface area contributed by atoms with E-state index in [0.717, 1.165) is 16.7 Å². The summed E-state index contributed by atoms with van der Waals surface area (Å²) in [5.41, 5.74) is 3.42. The number of aliphatic carboxylic acids is 1. The number of ether oxygens (including phenoxy) is 3. The fourth-order valence-electron chi connectivity index (χ4n) is 6.11. The summed E-state index contributed by atoms with van der Waals surface area (Å²) in [6.45, 7) is 1.06. The molecule has 2 aromatic carbocycles. The van der Waals surface area contributed by atoms with Gasteiger partial charge in [0.25, 0.3) is 0 Å². The lowest BCUT2D eigenvalue weighted by molar-refractivity contribution is -0.154. The number of hydrogen-bond acceptors (Lipinski definition) is 14. The van der Waals surface area contributed by atoms with Crippen LogP contribution in [0.1, 0.15) is 29.5 Å². The summed E-state index contributed by atoms with van der Waals surface area (Å²) < 4.78 is 84.8. The highest BCUT2D eigenvalue weighted by Gasteiger charge is 2.57. The molecular weight excluding hydrogens is 814 g/mol. The Kier molecular flexibility index (Phi) is 12.4. The molecule has 300 valence electrons. The van der Waals surface area contributed by atoms with Crippen LogP contribution in [0.5, 0.6) is 0 Å². The minimum atomic E-state index is -6.06. The number of rotatable bonds is 17. The standard InChI is InChI=1S/C30H37N3O18P4/c1-19-7-5-10-21(15-19)22-17-33-24(31-22)12-13-32(30(33)36)29-28-27(47-26(48-28)16-20-8-3-2-4-9-20)23(46-29)18-45-53(39,40)50-55(43,44)51-54(41,42)49-52(37,38)14-6-11-25(34)35/h2-5,7-10,12-13,15,17,23-24,26-29,31H,6,11,14,16,18H2,1H3,(H,34,35)(H,37,38)(H,39,40)(H,41,42)(H,43,44)/t23-,24?,26?,27+,28+,29-/m1/s1. The molecule has 25 heteroatoms. The quantitative estimate of drug-likeness (QED) is 0.123. The van der Waals surface area contributed by atoms with Gasteiger partial charge in [-0.15, -0.1) is 0 Å². The van der Waals surface area contributed by atoms with Crippen LogP contribution in [0, 0.1) is 6.92 Å². The molecule has 2 saturated heterocycles. The molecule has 0 aliphatic carbocycles. The Hall–Kier alpha value is -3.06. The molecular formula is C30H37N3O18P4. The number of carbonyl (C=O) groups is 2. The van der Waals surface area contributed by atoms with Crippen molar-refractivity contribution in [3.63, 3.8) is 0 Å². The van der Waals surface area contributed by atoms with Crippen molar-refractivity contribution in [3.05, 3.63) is 89.8 Å². The second-order valence-electron chi connectivity index (χ2n) is 12.6. The molecule has 0 radical (unpaired) electrons. The van der Waals surface area contributed by atoms with Crippen molar-refractivity contribution in [3.8, 4) is 0 Å². The first-order valence-electron chi connectivity index (χ1n) is 16.4. The van der Waals surface area contributed by atoms with Crippen molar-refractivity contribution >= 4 is 48.8 Å². The number of carbonyl (C=O) groups excluding carboxylic acids is 1. The van der Waals surface area contributed by atoms with Crippen LogP contribution in [0.25, 0.3) is 5.70 Å². The zero-order valence-electron chi connectivity index (χ0n) is 28.7. The molecule has 2 aromatic rings. The van der Waals surface area contributed by atoms with Gasteiger partial charge in [-0.2, -0.15) is 8.62 Å². The lowest BCUT2D eigenvalue weighted by atomic mass is 10.1. The van der Waals surface area contributed by atoms with Gasteiger partial charge in [-0.25, -0.2) is 22.8 Å². The third-order valence-corrected chi connectivity index (χ3v) is 14.9. The lowest BCUT2D eigenvalue weighted by Crippen LogP contribution is -2.54. The summed E-state index contributed by atoms with van der Waals surface area (Å²) in [6.07, 6.45) is -2.74. The predicted molar refractivity (Wildman–Crippen MR) is 187 cm³/mol. The first kappa shape index (κ1) is 41.6. The van der Waals surface area contributed by atoms with Crippen LogP contribution in [0.4, 0.5) is 4.79 Å². The van der Waals surface area contributed by atoms with E-state index in [2.05, 4.69) is 18.2 Å². The van der Waals surface area contributed by atoms with Crippen LogP contribution < -0.4 is 5.32 Å². The summed E-state index contributed by atoms with van der Waals surface area (Å²) in [5, 5.41) is 11.9. The van der Waals surface area contributed by atoms with Gasteiger partial charge in [0, 0.05) is 25.2 Å². The third-order valence-electron chi connectivity index (χ3n) is 8.37. The van der Waals surface area contributed by atoms with Crippen molar-refractivity contribution in [2.75, 3.05) is 12.8 Å². The van der Waals surface area contributed by atoms with Crippen LogP contribution >= 0.6 is 31.1 Å². The number of urea groups is 1. The van der Waals surface area contributed by atoms with Gasteiger partial charge in [0.1, 0.15) is 24.5 Å². The normalized spacial score (nSPS) is 29.0. The molecule has 0 bridgehead atoms. The Balaban J connectivity index is 1.13. The molecule has 0 aromatic heterocycles. The van der Waals surface area contributed by atoms with Gasteiger partial charge in [0.15, 0.2) is 12.5 Å². The Morgan fingerprint density at radius 2 is 1.56 bits per heavy atom. The smallest absolute Gasteiger partial charge is 0.481 e.